The number of thiophene rings is 1. The van der Waals surface area contributed by atoms with Gasteiger partial charge in [0.2, 0.25) is 0 Å². The second kappa shape index (κ2) is 7.70. The third kappa shape index (κ3) is 4.13. The van der Waals surface area contributed by atoms with E-state index in [9.17, 15) is 23.1 Å². The molecular formula is C18H17BrF3NO2S. The van der Waals surface area contributed by atoms with Gasteiger partial charge < -0.3 is 5.11 Å². The number of carboxylic acid groups (broad SMARTS) is 1. The van der Waals surface area contributed by atoms with E-state index in [2.05, 4.69) is 15.9 Å². The van der Waals surface area contributed by atoms with Crippen LogP contribution < -0.4 is 0 Å². The second-order valence-corrected chi connectivity index (χ2v) is 8.80. The Hall–Kier alpha value is -1.38. The van der Waals surface area contributed by atoms with Gasteiger partial charge in [-0.3, -0.25) is 9.69 Å². The molecule has 8 heteroatoms. The Balaban J connectivity index is 2.07. The van der Waals surface area contributed by atoms with Crippen molar-refractivity contribution in [2.75, 3.05) is 13.1 Å². The predicted octanol–water partition coefficient (Wildman–Crippen LogP) is 5.42. The van der Waals surface area contributed by atoms with Crippen molar-refractivity contribution in [3.05, 3.63) is 56.2 Å². The highest BCUT2D eigenvalue weighted by molar-refractivity contribution is 9.11. The summed E-state index contributed by atoms with van der Waals surface area (Å²) >= 11 is 4.75. The molecule has 2 aromatic rings. The van der Waals surface area contributed by atoms with Crippen molar-refractivity contribution in [1.29, 1.82) is 0 Å². The molecule has 2 unspecified atom stereocenters. The van der Waals surface area contributed by atoms with Gasteiger partial charge in [0.1, 0.15) is 0 Å². The third-order valence-electron chi connectivity index (χ3n) is 4.59. The van der Waals surface area contributed by atoms with E-state index in [1.807, 2.05) is 11.0 Å². The van der Waals surface area contributed by atoms with E-state index in [0.29, 0.717) is 19.4 Å². The molecule has 1 aliphatic rings. The summed E-state index contributed by atoms with van der Waals surface area (Å²) in [5, 5.41) is 9.36. The molecule has 0 radical (unpaired) electrons. The minimum absolute atomic E-state index is 0.167. The molecule has 0 spiro atoms. The number of hydrogen-bond acceptors (Lipinski definition) is 3. The van der Waals surface area contributed by atoms with E-state index in [-0.39, 0.29) is 12.1 Å². The van der Waals surface area contributed by atoms with Crippen LogP contribution in [0.1, 0.15) is 34.9 Å². The second-order valence-electron chi connectivity index (χ2n) is 6.30. The van der Waals surface area contributed by atoms with Crippen LogP contribution in [-0.4, -0.2) is 29.1 Å². The van der Waals surface area contributed by atoms with Crippen molar-refractivity contribution in [2.24, 2.45) is 5.92 Å². The van der Waals surface area contributed by atoms with Gasteiger partial charge in [-0.15, -0.1) is 11.3 Å². The van der Waals surface area contributed by atoms with Crippen LogP contribution in [0.5, 0.6) is 0 Å². The number of likely N-dealkylation sites (tertiary alicyclic amines) is 1. The van der Waals surface area contributed by atoms with Gasteiger partial charge in [-0.05, 0) is 59.1 Å². The van der Waals surface area contributed by atoms with Crippen LogP contribution in [0.4, 0.5) is 13.2 Å². The van der Waals surface area contributed by atoms with Gasteiger partial charge in [-0.25, -0.2) is 0 Å². The summed E-state index contributed by atoms with van der Waals surface area (Å²) in [6.07, 6.45) is -3.27. The number of carbonyl (C=O) groups is 1. The number of carboxylic acids is 1. The first kappa shape index (κ1) is 19.4. The Morgan fingerprint density at radius 2 is 2.00 bits per heavy atom. The summed E-state index contributed by atoms with van der Waals surface area (Å²) in [7, 11) is 0. The number of hydrogen-bond donors (Lipinski definition) is 1. The van der Waals surface area contributed by atoms with Crippen molar-refractivity contribution >= 4 is 33.2 Å². The van der Waals surface area contributed by atoms with Crippen LogP contribution in [0.3, 0.4) is 0 Å². The van der Waals surface area contributed by atoms with Crippen molar-refractivity contribution in [1.82, 2.24) is 4.90 Å². The summed E-state index contributed by atoms with van der Waals surface area (Å²) < 4.78 is 41.6. The highest BCUT2D eigenvalue weighted by Crippen LogP contribution is 2.42. The fourth-order valence-electron chi connectivity index (χ4n) is 3.44. The lowest BCUT2D eigenvalue weighted by Crippen LogP contribution is -2.41. The molecule has 3 rings (SSSR count). The van der Waals surface area contributed by atoms with Gasteiger partial charge in [0.05, 0.1) is 21.3 Å². The molecule has 1 aromatic heterocycles. The van der Waals surface area contributed by atoms with Crippen LogP contribution in [0.25, 0.3) is 0 Å². The number of piperidine rings is 1. The average molecular weight is 448 g/mol. The predicted molar refractivity (Wildman–Crippen MR) is 97.2 cm³/mol. The number of rotatable bonds is 4. The van der Waals surface area contributed by atoms with E-state index < -0.39 is 29.7 Å². The number of alkyl halides is 3. The smallest absolute Gasteiger partial charge is 0.416 e. The Labute approximate surface area is 161 Å². The molecule has 1 aromatic carbocycles. The first-order valence-electron chi connectivity index (χ1n) is 8.15. The van der Waals surface area contributed by atoms with Crippen LogP contribution in [0.2, 0.25) is 0 Å². The van der Waals surface area contributed by atoms with Crippen molar-refractivity contribution in [2.45, 2.75) is 25.1 Å². The summed E-state index contributed by atoms with van der Waals surface area (Å²) in [6, 6.07) is 8.54. The Bertz CT molecular complexity index is 793. The molecule has 0 aliphatic carbocycles. The SMILES string of the molecule is O=C(O)C1CCCN(C(c2ccc(Br)s2)c2ccccc2C(F)(F)F)C1. The lowest BCUT2D eigenvalue weighted by molar-refractivity contribution is -0.144. The number of halogens is 4. The number of benzene rings is 1. The van der Waals surface area contributed by atoms with Gasteiger partial charge in [0.15, 0.2) is 0 Å². The molecule has 1 aliphatic heterocycles. The number of aliphatic carboxylic acids is 1. The topological polar surface area (TPSA) is 40.5 Å². The van der Waals surface area contributed by atoms with Crippen molar-refractivity contribution < 1.29 is 23.1 Å². The molecule has 1 N–H and O–H groups in total. The fourth-order valence-corrected chi connectivity index (χ4v) is 5.02. The fraction of sp³-hybridized carbons (Fsp3) is 0.389. The summed E-state index contributed by atoms with van der Waals surface area (Å²) in [5.74, 6) is -1.46. The Morgan fingerprint density at radius 1 is 1.27 bits per heavy atom. The lowest BCUT2D eigenvalue weighted by atomic mass is 9.92. The normalized spacial score (nSPS) is 20.1. The van der Waals surface area contributed by atoms with Crippen LogP contribution >= 0.6 is 27.3 Å². The maximum absolute atomic E-state index is 13.6. The maximum Gasteiger partial charge on any atom is 0.416 e. The van der Waals surface area contributed by atoms with Crippen LogP contribution in [0.15, 0.2) is 40.2 Å². The van der Waals surface area contributed by atoms with Gasteiger partial charge >= 0.3 is 12.1 Å². The molecule has 1 fully saturated rings. The first-order valence-corrected chi connectivity index (χ1v) is 9.76. The molecule has 0 amide bonds. The molecule has 1 saturated heterocycles. The largest absolute Gasteiger partial charge is 0.481 e. The van der Waals surface area contributed by atoms with Crippen molar-refractivity contribution in [3.8, 4) is 0 Å². The number of nitrogens with zero attached hydrogens (tertiary/aromatic N) is 1. The third-order valence-corrected chi connectivity index (χ3v) is 6.27. The van der Waals surface area contributed by atoms with E-state index in [1.165, 1.54) is 23.5 Å². The Kier molecular flexibility index (Phi) is 5.74. The summed E-state index contributed by atoms with van der Waals surface area (Å²) in [5.41, 5.74) is -0.507. The lowest BCUT2D eigenvalue weighted by Gasteiger charge is -2.37. The zero-order chi connectivity index (χ0) is 18.9. The Morgan fingerprint density at radius 3 is 2.62 bits per heavy atom. The van der Waals surface area contributed by atoms with E-state index in [4.69, 9.17) is 0 Å². The quantitative estimate of drug-likeness (QED) is 0.680. The molecule has 26 heavy (non-hydrogen) atoms. The highest BCUT2D eigenvalue weighted by atomic mass is 79.9. The van der Waals surface area contributed by atoms with Crippen LogP contribution in [-0.2, 0) is 11.0 Å². The molecule has 2 heterocycles. The van der Waals surface area contributed by atoms with Gasteiger partial charge in [-0.1, -0.05) is 18.2 Å². The van der Waals surface area contributed by atoms with E-state index in [0.717, 1.165) is 14.7 Å². The average Bonchev–Trinajstić information content (AvgIpc) is 3.01. The van der Waals surface area contributed by atoms with E-state index in [1.54, 1.807) is 12.1 Å². The molecule has 3 nitrogen and oxygen atoms in total. The minimum atomic E-state index is -4.47. The minimum Gasteiger partial charge on any atom is -0.481 e. The molecular weight excluding hydrogens is 431 g/mol. The van der Waals surface area contributed by atoms with Gasteiger partial charge in [-0.2, -0.15) is 13.2 Å². The summed E-state index contributed by atoms with van der Waals surface area (Å²) in [6.45, 7) is 0.803. The van der Waals surface area contributed by atoms with Crippen LogP contribution in [0, 0.1) is 5.92 Å². The molecule has 0 saturated carbocycles. The highest BCUT2D eigenvalue weighted by Gasteiger charge is 2.39. The zero-order valence-electron chi connectivity index (χ0n) is 13.7. The maximum atomic E-state index is 13.6. The summed E-state index contributed by atoms with van der Waals surface area (Å²) in [4.78, 5) is 14.0. The first-order chi connectivity index (χ1) is 12.3. The van der Waals surface area contributed by atoms with Gasteiger partial charge in [0.25, 0.3) is 0 Å². The molecule has 140 valence electrons. The van der Waals surface area contributed by atoms with E-state index >= 15 is 0 Å². The van der Waals surface area contributed by atoms with Crippen molar-refractivity contribution in [3.63, 3.8) is 0 Å². The molecule has 2 atom stereocenters. The standard InChI is InChI=1S/C18H17BrF3NO2S/c19-15-8-7-14(26-15)16(23-9-3-4-11(10-23)17(24)25)12-5-1-2-6-13(12)18(20,21)22/h1-2,5-8,11,16H,3-4,9-10H2,(H,24,25). The monoisotopic (exact) mass is 447 g/mol. The van der Waals surface area contributed by atoms with Gasteiger partial charge in [0, 0.05) is 11.4 Å². The molecule has 0 bridgehead atoms. The zero-order valence-corrected chi connectivity index (χ0v) is 16.1.